The Kier molecular flexibility index (Phi) is 4.70. The summed E-state index contributed by atoms with van der Waals surface area (Å²) in [6, 6.07) is 7.88. The molecular formula is C12H14BrN3OS2. The molecule has 1 aliphatic heterocycles. The third kappa shape index (κ3) is 3.04. The van der Waals surface area contributed by atoms with Crippen LogP contribution in [0.4, 0.5) is 0 Å². The second-order valence-corrected chi connectivity index (χ2v) is 6.55. The number of thioether (sulfide) groups is 1. The van der Waals surface area contributed by atoms with E-state index in [1.165, 1.54) is 0 Å². The molecule has 1 aliphatic rings. The summed E-state index contributed by atoms with van der Waals surface area (Å²) in [6.07, 6.45) is 0. The summed E-state index contributed by atoms with van der Waals surface area (Å²) in [5, 5.41) is 3.14. The van der Waals surface area contributed by atoms with Crippen LogP contribution in [0.3, 0.4) is 0 Å². The molecule has 0 aromatic heterocycles. The Bertz CT molecular complexity index is 506. The lowest BCUT2D eigenvalue weighted by Gasteiger charge is -2.40. The molecule has 0 spiro atoms. The van der Waals surface area contributed by atoms with Crippen LogP contribution in [0.1, 0.15) is 5.56 Å². The van der Waals surface area contributed by atoms with Crippen molar-refractivity contribution in [1.29, 1.82) is 0 Å². The molecule has 1 aromatic rings. The van der Waals surface area contributed by atoms with Gasteiger partial charge in [0.2, 0.25) is 0 Å². The second-order valence-electron chi connectivity index (χ2n) is 4.24. The highest BCUT2D eigenvalue weighted by Gasteiger charge is 2.46. The number of hydrazine groups is 1. The first-order chi connectivity index (χ1) is 9.08. The van der Waals surface area contributed by atoms with E-state index in [9.17, 15) is 4.79 Å². The smallest absolute Gasteiger partial charge is 0.250 e. The third-order valence-corrected chi connectivity index (χ3v) is 5.22. The summed E-state index contributed by atoms with van der Waals surface area (Å²) in [7, 11) is 1.70. The van der Waals surface area contributed by atoms with Crippen LogP contribution in [0, 0.1) is 0 Å². The van der Waals surface area contributed by atoms with Gasteiger partial charge in [0.05, 0.1) is 5.41 Å². The second kappa shape index (κ2) is 6.11. The normalized spacial score (nSPS) is 16.1. The number of hydrogen-bond donors (Lipinski definition) is 3. The molecule has 1 saturated heterocycles. The monoisotopic (exact) mass is 359 g/mol. The maximum Gasteiger partial charge on any atom is 0.250 e. The SMILES string of the molecule is CNC(=S)NNC(=O)C1(c2cccc(Br)c2)CSC1. The molecule has 1 amide bonds. The number of benzene rings is 1. The number of nitrogens with one attached hydrogen (secondary N) is 3. The fourth-order valence-electron chi connectivity index (χ4n) is 1.82. The fraction of sp³-hybridized carbons (Fsp3) is 0.333. The summed E-state index contributed by atoms with van der Waals surface area (Å²) in [6.45, 7) is 0. The molecule has 0 saturated carbocycles. The molecule has 102 valence electrons. The first-order valence-corrected chi connectivity index (χ1v) is 8.06. The Balaban J connectivity index is 2.14. The lowest BCUT2D eigenvalue weighted by atomic mass is 9.82. The van der Waals surface area contributed by atoms with E-state index < -0.39 is 5.41 Å². The minimum Gasteiger partial charge on any atom is -0.364 e. The maximum absolute atomic E-state index is 12.4. The lowest BCUT2D eigenvalue weighted by molar-refractivity contribution is -0.126. The summed E-state index contributed by atoms with van der Waals surface area (Å²) < 4.78 is 0.979. The Labute approximate surface area is 130 Å². The highest BCUT2D eigenvalue weighted by Crippen LogP contribution is 2.41. The van der Waals surface area contributed by atoms with E-state index in [0.717, 1.165) is 21.5 Å². The number of amides is 1. The van der Waals surface area contributed by atoms with Crippen LogP contribution in [0.5, 0.6) is 0 Å². The van der Waals surface area contributed by atoms with Crippen molar-refractivity contribution < 1.29 is 4.79 Å². The minimum absolute atomic E-state index is 0.0537. The van der Waals surface area contributed by atoms with E-state index >= 15 is 0 Å². The molecule has 19 heavy (non-hydrogen) atoms. The molecule has 0 bridgehead atoms. The number of carbonyl (C=O) groups is 1. The van der Waals surface area contributed by atoms with E-state index in [1.54, 1.807) is 18.8 Å². The van der Waals surface area contributed by atoms with Crippen molar-refractivity contribution in [3.8, 4) is 0 Å². The highest BCUT2D eigenvalue weighted by molar-refractivity contribution is 9.10. The van der Waals surface area contributed by atoms with Crippen molar-refractivity contribution in [3.05, 3.63) is 34.3 Å². The van der Waals surface area contributed by atoms with Gasteiger partial charge in [0.25, 0.3) is 5.91 Å². The van der Waals surface area contributed by atoms with Crippen LogP contribution in [-0.4, -0.2) is 29.6 Å². The molecule has 0 radical (unpaired) electrons. The number of carbonyl (C=O) groups excluding carboxylic acids is 1. The topological polar surface area (TPSA) is 53.2 Å². The van der Waals surface area contributed by atoms with E-state index in [-0.39, 0.29) is 5.91 Å². The van der Waals surface area contributed by atoms with Crippen LogP contribution in [-0.2, 0) is 10.2 Å². The lowest BCUT2D eigenvalue weighted by Crippen LogP contribution is -2.58. The van der Waals surface area contributed by atoms with E-state index in [0.29, 0.717) is 5.11 Å². The zero-order chi connectivity index (χ0) is 13.9. The van der Waals surface area contributed by atoms with Crippen molar-refractivity contribution in [1.82, 2.24) is 16.2 Å². The van der Waals surface area contributed by atoms with Crippen LogP contribution in [0.15, 0.2) is 28.7 Å². The number of hydrogen-bond acceptors (Lipinski definition) is 3. The predicted octanol–water partition coefficient (Wildman–Crippen LogP) is 1.56. The van der Waals surface area contributed by atoms with Gasteiger partial charge in [-0.05, 0) is 29.9 Å². The largest absolute Gasteiger partial charge is 0.364 e. The molecule has 1 heterocycles. The Morgan fingerprint density at radius 3 is 2.68 bits per heavy atom. The summed E-state index contributed by atoms with van der Waals surface area (Å²) in [5.74, 6) is 1.51. The summed E-state index contributed by atoms with van der Waals surface area (Å²) in [4.78, 5) is 12.4. The van der Waals surface area contributed by atoms with Crippen molar-refractivity contribution in [2.45, 2.75) is 5.41 Å². The third-order valence-electron chi connectivity index (χ3n) is 3.03. The minimum atomic E-state index is -0.467. The van der Waals surface area contributed by atoms with Crippen LogP contribution >= 0.6 is 39.9 Å². The molecule has 4 nitrogen and oxygen atoms in total. The van der Waals surface area contributed by atoms with Crippen LogP contribution < -0.4 is 16.2 Å². The molecule has 1 fully saturated rings. The van der Waals surface area contributed by atoms with Gasteiger partial charge < -0.3 is 5.32 Å². The van der Waals surface area contributed by atoms with Crippen molar-refractivity contribution >= 4 is 50.9 Å². The average Bonchev–Trinajstić information content (AvgIpc) is 2.34. The van der Waals surface area contributed by atoms with Gasteiger partial charge in [-0.3, -0.25) is 15.6 Å². The molecule has 7 heteroatoms. The zero-order valence-electron chi connectivity index (χ0n) is 10.3. The van der Waals surface area contributed by atoms with Gasteiger partial charge in [-0.15, -0.1) is 0 Å². The van der Waals surface area contributed by atoms with Gasteiger partial charge in [-0.25, -0.2) is 0 Å². The molecule has 3 N–H and O–H groups in total. The molecule has 1 aromatic carbocycles. The average molecular weight is 360 g/mol. The van der Waals surface area contributed by atoms with Gasteiger partial charge in [-0.1, -0.05) is 28.1 Å². The Morgan fingerprint density at radius 2 is 2.16 bits per heavy atom. The molecule has 2 rings (SSSR count). The van der Waals surface area contributed by atoms with Gasteiger partial charge in [0.1, 0.15) is 0 Å². The van der Waals surface area contributed by atoms with Crippen LogP contribution in [0.2, 0.25) is 0 Å². The first-order valence-electron chi connectivity index (χ1n) is 5.70. The Hall–Kier alpha value is -0.790. The van der Waals surface area contributed by atoms with Gasteiger partial charge in [0.15, 0.2) is 5.11 Å². The van der Waals surface area contributed by atoms with Crippen molar-refractivity contribution in [3.63, 3.8) is 0 Å². The van der Waals surface area contributed by atoms with Crippen LogP contribution in [0.25, 0.3) is 0 Å². The number of halogens is 1. The quantitative estimate of drug-likeness (QED) is 0.552. The zero-order valence-corrected chi connectivity index (χ0v) is 13.5. The highest BCUT2D eigenvalue weighted by atomic mass is 79.9. The van der Waals surface area contributed by atoms with Crippen molar-refractivity contribution in [2.24, 2.45) is 0 Å². The maximum atomic E-state index is 12.4. The Morgan fingerprint density at radius 1 is 1.42 bits per heavy atom. The predicted molar refractivity (Wildman–Crippen MR) is 86.1 cm³/mol. The van der Waals surface area contributed by atoms with Gasteiger partial charge in [0, 0.05) is 23.0 Å². The summed E-state index contributed by atoms with van der Waals surface area (Å²) >= 11 is 10.1. The summed E-state index contributed by atoms with van der Waals surface area (Å²) in [5.41, 5.74) is 5.92. The fourth-order valence-corrected chi connectivity index (χ4v) is 3.48. The molecule has 0 aliphatic carbocycles. The van der Waals surface area contributed by atoms with Gasteiger partial charge >= 0.3 is 0 Å². The van der Waals surface area contributed by atoms with Crippen molar-refractivity contribution in [2.75, 3.05) is 18.6 Å². The van der Waals surface area contributed by atoms with E-state index in [2.05, 4.69) is 32.1 Å². The molecule has 0 atom stereocenters. The molecular weight excluding hydrogens is 346 g/mol. The van der Waals surface area contributed by atoms with E-state index in [1.807, 2.05) is 24.3 Å². The first kappa shape index (κ1) is 14.6. The number of rotatable bonds is 2. The standard InChI is InChI=1S/C12H14BrN3OS2/c1-14-11(18)16-15-10(17)12(6-19-7-12)8-3-2-4-9(13)5-8/h2-5H,6-7H2,1H3,(H,15,17)(H2,14,16,18). The van der Waals surface area contributed by atoms with E-state index in [4.69, 9.17) is 12.2 Å². The van der Waals surface area contributed by atoms with Gasteiger partial charge in [-0.2, -0.15) is 11.8 Å². The number of thiocarbonyl (C=S) groups is 1. The molecule has 0 unspecified atom stereocenters.